The molecule has 2 amide bonds. The Bertz CT molecular complexity index is 1060. The lowest BCUT2D eigenvalue weighted by Gasteiger charge is -2.32. The Morgan fingerprint density at radius 3 is 2.35 bits per heavy atom. The van der Waals surface area contributed by atoms with Crippen LogP contribution < -0.4 is 4.90 Å². The van der Waals surface area contributed by atoms with E-state index in [1.165, 1.54) is 0 Å². The third kappa shape index (κ3) is 3.95. The summed E-state index contributed by atoms with van der Waals surface area (Å²) in [7, 11) is 0. The molecule has 0 spiro atoms. The van der Waals surface area contributed by atoms with Crippen molar-refractivity contribution >= 4 is 17.5 Å². The molecule has 3 aromatic rings. The van der Waals surface area contributed by atoms with E-state index >= 15 is 0 Å². The first-order chi connectivity index (χ1) is 15.2. The number of amides is 2. The molecule has 158 valence electrons. The second kappa shape index (κ2) is 8.34. The Kier molecular flexibility index (Phi) is 5.24. The summed E-state index contributed by atoms with van der Waals surface area (Å²) in [5.74, 6) is 1.19. The zero-order valence-corrected chi connectivity index (χ0v) is 17.2. The standard InChI is InChI=1S/C24H24N4O3/c29-21-15-19(16-28(21)20-9-5-2-6-10-20)24(30)27-13-11-18(12-14-27)23-25-22(26-31-23)17-7-3-1-4-8-17/h1-10,18-19H,11-16H2. The van der Waals surface area contributed by atoms with E-state index in [0.717, 1.165) is 24.1 Å². The summed E-state index contributed by atoms with van der Waals surface area (Å²) in [6, 6.07) is 19.3. The van der Waals surface area contributed by atoms with Crippen LogP contribution in [0.5, 0.6) is 0 Å². The number of hydrogen-bond donors (Lipinski definition) is 0. The molecule has 7 nitrogen and oxygen atoms in total. The van der Waals surface area contributed by atoms with E-state index in [4.69, 9.17) is 4.52 Å². The number of anilines is 1. The molecule has 0 N–H and O–H groups in total. The Morgan fingerprint density at radius 1 is 0.968 bits per heavy atom. The SMILES string of the molecule is O=C(C1CC(=O)N(c2ccccc2)C1)N1CCC(c2nc(-c3ccccc3)no2)CC1. The van der Waals surface area contributed by atoms with E-state index in [9.17, 15) is 9.59 Å². The molecule has 2 aromatic carbocycles. The minimum Gasteiger partial charge on any atom is -0.342 e. The van der Waals surface area contributed by atoms with E-state index in [1.54, 1.807) is 4.90 Å². The average molecular weight is 416 g/mol. The van der Waals surface area contributed by atoms with Crippen LogP contribution in [0, 0.1) is 5.92 Å². The molecule has 0 aliphatic carbocycles. The lowest BCUT2D eigenvalue weighted by atomic mass is 9.95. The molecule has 0 saturated carbocycles. The number of likely N-dealkylation sites (tertiary alicyclic amines) is 1. The average Bonchev–Trinajstić information content (AvgIpc) is 3.47. The Balaban J connectivity index is 1.19. The molecular weight excluding hydrogens is 392 g/mol. The monoisotopic (exact) mass is 416 g/mol. The fourth-order valence-electron chi connectivity index (χ4n) is 4.44. The molecule has 1 unspecified atom stereocenters. The second-order valence-corrected chi connectivity index (χ2v) is 8.16. The highest BCUT2D eigenvalue weighted by Crippen LogP contribution is 2.31. The highest BCUT2D eigenvalue weighted by atomic mass is 16.5. The maximum absolute atomic E-state index is 13.1. The lowest BCUT2D eigenvalue weighted by molar-refractivity contribution is -0.136. The highest BCUT2D eigenvalue weighted by Gasteiger charge is 2.38. The van der Waals surface area contributed by atoms with Gasteiger partial charge in [-0.05, 0) is 25.0 Å². The van der Waals surface area contributed by atoms with Crippen molar-refractivity contribution in [1.29, 1.82) is 0 Å². The van der Waals surface area contributed by atoms with Crippen molar-refractivity contribution in [2.75, 3.05) is 24.5 Å². The molecular formula is C24H24N4O3. The summed E-state index contributed by atoms with van der Waals surface area (Å²) in [4.78, 5) is 33.7. The van der Waals surface area contributed by atoms with Gasteiger partial charge in [-0.3, -0.25) is 9.59 Å². The molecule has 1 aromatic heterocycles. The molecule has 2 aliphatic heterocycles. The number of nitrogens with zero attached hydrogens (tertiary/aromatic N) is 4. The van der Waals surface area contributed by atoms with Crippen LogP contribution in [0.1, 0.15) is 31.1 Å². The van der Waals surface area contributed by atoms with E-state index in [1.807, 2.05) is 65.6 Å². The fourth-order valence-corrected chi connectivity index (χ4v) is 4.44. The van der Waals surface area contributed by atoms with Gasteiger partial charge < -0.3 is 14.3 Å². The predicted octanol–water partition coefficient (Wildman–Crippen LogP) is 3.50. The van der Waals surface area contributed by atoms with Crippen LogP contribution in [0.25, 0.3) is 11.4 Å². The van der Waals surface area contributed by atoms with Gasteiger partial charge in [-0.25, -0.2) is 0 Å². The highest BCUT2D eigenvalue weighted by molar-refractivity contribution is 6.00. The number of carbonyl (C=O) groups excluding carboxylic acids is 2. The van der Waals surface area contributed by atoms with Gasteiger partial charge in [-0.2, -0.15) is 4.98 Å². The summed E-state index contributed by atoms with van der Waals surface area (Å²) in [5, 5.41) is 4.11. The first-order valence-electron chi connectivity index (χ1n) is 10.7. The quantitative estimate of drug-likeness (QED) is 0.650. The van der Waals surface area contributed by atoms with Gasteiger partial charge in [0.05, 0.1) is 5.92 Å². The molecule has 0 bridgehead atoms. The van der Waals surface area contributed by atoms with Gasteiger partial charge in [0.15, 0.2) is 0 Å². The molecule has 0 radical (unpaired) electrons. The van der Waals surface area contributed by atoms with Crippen molar-refractivity contribution in [1.82, 2.24) is 15.0 Å². The fraction of sp³-hybridized carbons (Fsp3) is 0.333. The Labute approximate surface area is 180 Å². The lowest BCUT2D eigenvalue weighted by Crippen LogP contribution is -2.42. The van der Waals surface area contributed by atoms with Crippen molar-refractivity contribution in [3.05, 3.63) is 66.6 Å². The first kappa shape index (κ1) is 19.5. The maximum Gasteiger partial charge on any atom is 0.230 e. The van der Waals surface area contributed by atoms with Crippen LogP contribution in [-0.2, 0) is 9.59 Å². The van der Waals surface area contributed by atoms with Crippen LogP contribution in [0.4, 0.5) is 5.69 Å². The largest absolute Gasteiger partial charge is 0.342 e. The third-order valence-electron chi connectivity index (χ3n) is 6.17. The Hall–Kier alpha value is -3.48. The van der Waals surface area contributed by atoms with E-state index in [2.05, 4.69) is 10.1 Å². The van der Waals surface area contributed by atoms with Crippen LogP contribution >= 0.6 is 0 Å². The van der Waals surface area contributed by atoms with Gasteiger partial charge in [0.1, 0.15) is 0 Å². The van der Waals surface area contributed by atoms with Gasteiger partial charge in [-0.1, -0.05) is 53.7 Å². The normalized spacial score (nSPS) is 19.7. The third-order valence-corrected chi connectivity index (χ3v) is 6.17. The molecule has 5 rings (SSSR count). The van der Waals surface area contributed by atoms with Gasteiger partial charge in [-0.15, -0.1) is 0 Å². The smallest absolute Gasteiger partial charge is 0.230 e. The molecule has 7 heteroatoms. The number of rotatable bonds is 4. The molecule has 31 heavy (non-hydrogen) atoms. The minimum absolute atomic E-state index is 0.0127. The van der Waals surface area contributed by atoms with E-state index in [0.29, 0.717) is 31.3 Å². The predicted molar refractivity (Wildman–Crippen MR) is 115 cm³/mol. The second-order valence-electron chi connectivity index (χ2n) is 8.16. The van der Waals surface area contributed by atoms with E-state index < -0.39 is 0 Å². The van der Waals surface area contributed by atoms with Crippen molar-refractivity contribution in [2.45, 2.75) is 25.2 Å². The van der Waals surface area contributed by atoms with Gasteiger partial charge in [0.2, 0.25) is 23.5 Å². The number of piperidine rings is 1. The van der Waals surface area contributed by atoms with Gasteiger partial charge in [0, 0.05) is 43.2 Å². The first-order valence-corrected chi connectivity index (χ1v) is 10.7. The van der Waals surface area contributed by atoms with Crippen LogP contribution in [-0.4, -0.2) is 46.5 Å². The zero-order chi connectivity index (χ0) is 21.2. The summed E-state index contributed by atoms with van der Waals surface area (Å²) in [5.41, 5.74) is 1.78. The zero-order valence-electron chi connectivity index (χ0n) is 17.2. The van der Waals surface area contributed by atoms with Crippen LogP contribution in [0.3, 0.4) is 0 Å². The van der Waals surface area contributed by atoms with Crippen LogP contribution in [0.2, 0.25) is 0 Å². The number of para-hydroxylation sites is 1. The summed E-state index contributed by atoms with van der Waals surface area (Å²) >= 11 is 0. The summed E-state index contributed by atoms with van der Waals surface area (Å²) < 4.78 is 5.52. The molecule has 2 saturated heterocycles. The number of carbonyl (C=O) groups is 2. The maximum atomic E-state index is 13.1. The molecule has 3 heterocycles. The number of aromatic nitrogens is 2. The van der Waals surface area contributed by atoms with Crippen LogP contribution in [0.15, 0.2) is 65.2 Å². The summed E-state index contributed by atoms with van der Waals surface area (Å²) in [6.07, 6.45) is 1.84. The molecule has 2 aliphatic rings. The van der Waals surface area contributed by atoms with Gasteiger partial charge >= 0.3 is 0 Å². The topological polar surface area (TPSA) is 79.5 Å². The van der Waals surface area contributed by atoms with Crippen molar-refractivity contribution in [3.63, 3.8) is 0 Å². The van der Waals surface area contributed by atoms with Crippen molar-refractivity contribution < 1.29 is 14.1 Å². The minimum atomic E-state index is -0.280. The Morgan fingerprint density at radius 2 is 1.65 bits per heavy atom. The van der Waals surface area contributed by atoms with Gasteiger partial charge in [0.25, 0.3) is 0 Å². The van der Waals surface area contributed by atoms with Crippen molar-refractivity contribution in [3.8, 4) is 11.4 Å². The number of hydrogen-bond acceptors (Lipinski definition) is 5. The molecule has 1 atom stereocenters. The molecule has 2 fully saturated rings. The van der Waals surface area contributed by atoms with E-state index in [-0.39, 0.29) is 30.1 Å². The number of benzene rings is 2. The van der Waals surface area contributed by atoms with Crippen molar-refractivity contribution in [2.24, 2.45) is 5.92 Å². The summed E-state index contributed by atoms with van der Waals surface area (Å²) in [6.45, 7) is 1.73.